The predicted octanol–water partition coefficient (Wildman–Crippen LogP) is 3.03. The van der Waals surface area contributed by atoms with Gasteiger partial charge in [0.25, 0.3) is 0 Å². The first-order chi connectivity index (χ1) is 10.4. The van der Waals surface area contributed by atoms with Crippen LogP contribution >= 0.6 is 24.0 Å². The first-order valence-electron chi connectivity index (χ1n) is 6.54. The minimum atomic E-state index is -0.944. The summed E-state index contributed by atoms with van der Waals surface area (Å²) in [6.07, 6.45) is 0. The summed E-state index contributed by atoms with van der Waals surface area (Å²) >= 11 is 6.41. The molecule has 0 fully saturated rings. The van der Waals surface area contributed by atoms with Gasteiger partial charge in [-0.3, -0.25) is 14.9 Å². The molecule has 0 heterocycles. The summed E-state index contributed by atoms with van der Waals surface area (Å²) in [5.41, 5.74) is -0.503. The Labute approximate surface area is 137 Å². The van der Waals surface area contributed by atoms with Gasteiger partial charge < -0.3 is 10.2 Å². The second kappa shape index (κ2) is 8.64. The summed E-state index contributed by atoms with van der Waals surface area (Å²) < 4.78 is 13.8. The van der Waals surface area contributed by atoms with Crippen molar-refractivity contribution in [3.05, 3.63) is 34.1 Å². The molecule has 1 aromatic carbocycles. The fraction of sp³-hybridized carbons (Fsp3) is 0.385. The number of carbonyl (C=O) groups excluding carboxylic acids is 1. The highest BCUT2D eigenvalue weighted by Gasteiger charge is 2.16. The molecule has 9 heteroatoms. The summed E-state index contributed by atoms with van der Waals surface area (Å²) in [6, 6.07) is 3.20. The second-order valence-corrected chi connectivity index (χ2v) is 5.81. The number of carbonyl (C=O) groups is 1. The smallest absolute Gasteiger partial charge is 0.306 e. The van der Waals surface area contributed by atoms with Crippen molar-refractivity contribution < 1.29 is 14.1 Å². The Kier molecular flexibility index (Phi) is 7.19. The number of benzene rings is 1. The highest BCUT2D eigenvalue weighted by Crippen LogP contribution is 2.21. The van der Waals surface area contributed by atoms with Crippen LogP contribution in [0.25, 0.3) is 0 Å². The average Bonchev–Trinajstić information content (AvgIpc) is 2.48. The summed E-state index contributed by atoms with van der Waals surface area (Å²) in [6.45, 7) is 5.45. The minimum Gasteiger partial charge on any atom is -0.358 e. The van der Waals surface area contributed by atoms with Crippen LogP contribution in [0.15, 0.2) is 18.2 Å². The Hall–Kier alpha value is -1.74. The number of hydrogen-bond donors (Lipinski definition) is 1. The number of rotatable bonds is 6. The fourth-order valence-corrected chi connectivity index (χ4v) is 2.83. The third kappa shape index (κ3) is 5.23. The van der Waals surface area contributed by atoms with E-state index in [0.29, 0.717) is 4.32 Å². The number of thiocarbonyl (C=S) groups is 1. The largest absolute Gasteiger partial charge is 0.358 e. The Bertz CT molecular complexity index is 580. The van der Waals surface area contributed by atoms with E-state index in [1.165, 1.54) is 17.8 Å². The van der Waals surface area contributed by atoms with Crippen LogP contribution in [0, 0.1) is 15.9 Å². The van der Waals surface area contributed by atoms with E-state index in [1.54, 1.807) is 0 Å². The maximum absolute atomic E-state index is 13.2. The standard InChI is InChI=1S/C13H16FN3O3S2/c1-3-16(4-2)13(21)22-8-12(18)15-9-5-6-10(14)11(7-9)17(19)20/h5-7H,3-4,8H2,1-2H3,(H,15,18). The third-order valence-corrected chi connectivity index (χ3v) is 4.30. The predicted molar refractivity (Wildman–Crippen MR) is 89.7 cm³/mol. The summed E-state index contributed by atoms with van der Waals surface area (Å²) in [5, 5.41) is 13.1. The zero-order valence-corrected chi connectivity index (χ0v) is 13.8. The van der Waals surface area contributed by atoms with E-state index in [1.807, 2.05) is 18.7 Å². The molecule has 0 aromatic heterocycles. The van der Waals surface area contributed by atoms with Gasteiger partial charge in [-0.15, -0.1) is 0 Å². The SMILES string of the molecule is CCN(CC)C(=S)SCC(=O)Nc1ccc(F)c([N+](=O)[O-])c1. The van der Waals surface area contributed by atoms with E-state index in [0.717, 1.165) is 25.2 Å². The number of thioether (sulfide) groups is 1. The van der Waals surface area contributed by atoms with Crippen LogP contribution in [0.4, 0.5) is 15.8 Å². The molecule has 0 bridgehead atoms. The lowest BCUT2D eigenvalue weighted by molar-refractivity contribution is -0.387. The van der Waals surface area contributed by atoms with E-state index in [2.05, 4.69) is 5.32 Å². The third-order valence-electron chi connectivity index (χ3n) is 2.77. The summed E-state index contributed by atoms with van der Waals surface area (Å²) in [5.74, 6) is -1.22. The van der Waals surface area contributed by atoms with Crippen molar-refractivity contribution in [2.75, 3.05) is 24.2 Å². The first-order valence-corrected chi connectivity index (χ1v) is 7.93. The molecule has 0 atom stereocenters. The molecular weight excluding hydrogens is 329 g/mol. The zero-order valence-electron chi connectivity index (χ0n) is 12.2. The molecular formula is C13H16FN3O3S2. The molecule has 0 aliphatic heterocycles. The van der Waals surface area contributed by atoms with Gasteiger partial charge in [0.05, 0.1) is 10.7 Å². The van der Waals surface area contributed by atoms with Gasteiger partial charge in [-0.05, 0) is 26.0 Å². The molecule has 0 unspecified atom stereocenters. The van der Waals surface area contributed by atoms with Gasteiger partial charge >= 0.3 is 5.69 Å². The van der Waals surface area contributed by atoms with Crippen LogP contribution < -0.4 is 5.32 Å². The monoisotopic (exact) mass is 345 g/mol. The fourth-order valence-electron chi connectivity index (χ4n) is 1.63. The molecule has 1 amide bonds. The van der Waals surface area contributed by atoms with Crippen molar-refractivity contribution >= 4 is 45.6 Å². The molecule has 1 aromatic rings. The van der Waals surface area contributed by atoms with E-state index >= 15 is 0 Å². The van der Waals surface area contributed by atoms with E-state index in [9.17, 15) is 19.3 Å². The van der Waals surface area contributed by atoms with Crippen LogP contribution in [0.1, 0.15) is 13.8 Å². The average molecular weight is 345 g/mol. The second-order valence-electron chi connectivity index (χ2n) is 4.20. The molecule has 120 valence electrons. The quantitative estimate of drug-likeness (QED) is 0.485. The lowest BCUT2D eigenvalue weighted by atomic mass is 10.2. The van der Waals surface area contributed by atoms with Gasteiger partial charge in [-0.2, -0.15) is 4.39 Å². The molecule has 0 saturated carbocycles. The van der Waals surface area contributed by atoms with Crippen molar-refractivity contribution in [3.8, 4) is 0 Å². The Morgan fingerprint density at radius 2 is 2.09 bits per heavy atom. The highest BCUT2D eigenvalue weighted by atomic mass is 32.2. The molecule has 0 aliphatic carbocycles. The number of nitrogens with zero attached hydrogens (tertiary/aromatic N) is 2. The van der Waals surface area contributed by atoms with Crippen molar-refractivity contribution in [2.24, 2.45) is 0 Å². The topological polar surface area (TPSA) is 75.5 Å². The van der Waals surface area contributed by atoms with Gasteiger partial charge in [0, 0.05) is 24.8 Å². The molecule has 1 rings (SSSR count). The Morgan fingerprint density at radius 3 is 2.64 bits per heavy atom. The number of halogens is 1. The van der Waals surface area contributed by atoms with Gasteiger partial charge in [-0.1, -0.05) is 24.0 Å². The number of nitro groups is 1. The van der Waals surface area contributed by atoms with E-state index < -0.39 is 16.4 Å². The lowest BCUT2D eigenvalue weighted by Crippen LogP contribution is -2.28. The van der Waals surface area contributed by atoms with Crippen molar-refractivity contribution in [1.29, 1.82) is 0 Å². The maximum atomic E-state index is 13.2. The molecule has 0 saturated heterocycles. The van der Waals surface area contributed by atoms with Crippen molar-refractivity contribution in [1.82, 2.24) is 4.90 Å². The number of amides is 1. The normalized spacial score (nSPS) is 10.1. The molecule has 0 aliphatic rings. The molecule has 6 nitrogen and oxygen atoms in total. The van der Waals surface area contributed by atoms with Crippen LogP contribution in [0.5, 0.6) is 0 Å². The summed E-state index contributed by atoms with van der Waals surface area (Å²) in [4.78, 5) is 23.6. The van der Waals surface area contributed by atoms with Gasteiger partial charge in [0.2, 0.25) is 11.7 Å². The Balaban J connectivity index is 2.61. The number of nitro benzene ring substituents is 1. The van der Waals surface area contributed by atoms with Gasteiger partial charge in [0.1, 0.15) is 4.32 Å². The number of nitrogens with one attached hydrogen (secondary N) is 1. The first kappa shape index (κ1) is 18.3. The van der Waals surface area contributed by atoms with E-state index in [4.69, 9.17) is 12.2 Å². The minimum absolute atomic E-state index is 0.0838. The van der Waals surface area contributed by atoms with Crippen molar-refractivity contribution in [3.63, 3.8) is 0 Å². The maximum Gasteiger partial charge on any atom is 0.306 e. The lowest BCUT2D eigenvalue weighted by Gasteiger charge is -2.20. The molecule has 0 spiro atoms. The van der Waals surface area contributed by atoms with Crippen LogP contribution in [0.2, 0.25) is 0 Å². The number of hydrogen-bond acceptors (Lipinski definition) is 5. The van der Waals surface area contributed by atoms with Crippen LogP contribution in [-0.2, 0) is 4.79 Å². The summed E-state index contributed by atoms with van der Waals surface area (Å²) in [7, 11) is 0. The highest BCUT2D eigenvalue weighted by molar-refractivity contribution is 8.23. The molecule has 1 N–H and O–H groups in total. The van der Waals surface area contributed by atoms with Crippen LogP contribution in [0.3, 0.4) is 0 Å². The van der Waals surface area contributed by atoms with Crippen LogP contribution in [-0.4, -0.2) is 38.9 Å². The number of anilines is 1. The molecule has 22 heavy (non-hydrogen) atoms. The molecule has 0 radical (unpaired) electrons. The Morgan fingerprint density at radius 1 is 1.45 bits per heavy atom. The van der Waals surface area contributed by atoms with E-state index in [-0.39, 0.29) is 17.3 Å². The van der Waals surface area contributed by atoms with Gasteiger partial charge in [-0.25, -0.2) is 0 Å². The van der Waals surface area contributed by atoms with Gasteiger partial charge in [0.15, 0.2) is 0 Å². The van der Waals surface area contributed by atoms with Crippen molar-refractivity contribution in [2.45, 2.75) is 13.8 Å². The zero-order chi connectivity index (χ0) is 16.7.